The molecular weight excluding hydrogens is 212 g/mol. The molecule has 2 N–H and O–H groups in total. The van der Waals surface area contributed by atoms with Gasteiger partial charge in [0.25, 0.3) is 0 Å². The molecule has 0 radical (unpaired) electrons. The van der Waals surface area contributed by atoms with Gasteiger partial charge in [-0.3, -0.25) is 4.68 Å². The van der Waals surface area contributed by atoms with Crippen molar-refractivity contribution in [3.63, 3.8) is 0 Å². The average molecular weight is 230 g/mol. The molecule has 0 amide bonds. The van der Waals surface area contributed by atoms with Crippen LogP contribution in [-0.4, -0.2) is 14.8 Å². The first-order valence-electron chi connectivity index (χ1n) is 5.80. The van der Waals surface area contributed by atoms with E-state index in [4.69, 9.17) is 5.73 Å². The minimum Gasteiger partial charge on any atom is -0.399 e. The largest absolute Gasteiger partial charge is 0.399 e. The number of nitrogen functional groups attached to an aromatic ring is 1. The van der Waals surface area contributed by atoms with Gasteiger partial charge in [-0.1, -0.05) is 26.0 Å². The van der Waals surface area contributed by atoms with Gasteiger partial charge in [0.15, 0.2) is 5.82 Å². The van der Waals surface area contributed by atoms with E-state index >= 15 is 0 Å². The van der Waals surface area contributed by atoms with Crippen molar-refractivity contribution in [1.29, 1.82) is 0 Å². The lowest BCUT2D eigenvalue weighted by molar-refractivity contribution is 0.653. The highest BCUT2D eigenvalue weighted by molar-refractivity contribution is 5.41. The van der Waals surface area contributed by atoms with Crippen molar-refractivity contribution in [2.24, 2.45) is 7.05 Å². The van der Waals surface area contributed by atoms with Crippen LogP contribution in [0.1, 0.15) is 37.0 Å². The van der Waals surface area contributed by atoms with Crippen molar-refractivity contribution < 1.29 is 0 Å². The van der Waals surface area contributed by atoms with E-state index in [9.17, 15) is 0 Å². The molecular formula is C13H18N4. The second-order valence-corrected chi connectivity index (χ2v) is 4.59. The molecule has 0 aliphatic rings. The molecule has 2 aromatic rings. The molecule has 1 aromatic carbocycles. The van der Waals surface area contributed by atoms with Crippen molar-refractivity contribution >= 4 is 5.69 Å². The van der Waals surface area contributed by atoms with Crippen LogP contribution in [0, 0.1) is 0 Å². The molecule has 0 saturated heterocycles. The highest BCUT2D eigenvalue weighted by atomic mass is 15.3. The van der Waals surface area contributed by atoms with Crippen LogP contribution in [0.5, 0.6) is 0 Å². The fourth-order valence-electron chi connectivity index (χ4n) is 1.91. The van der Waals surface area contributed by atoms with Gasteiger partial charge in [0.1, 0.15) is 5.82 Å². The van der Waals surface area contributed by atoms with Gasteiger partial charge in [-0.05, 0) is 17.7 Å². The summed E-state index contributed by atoms with van der Waals surface area (Å²) in [6.07, 6.45) is 0.728. The molecule has 0 saturated carbocycles. The molecule has 90 valence electrons. The summed E-state index contributed by atoms with van der Waals surface area (Å²) in [6, 6.07) is 7.85. The highest BCUT2D eigenvalue weighted by Gasteiger charge is 2.10. The van der Waals surface area contributed by atoms with Crippen molar-refractivity contribution in [2.45, 2.75) is 26.2 Å². The lowest BCUT2D eigenvalue weighted by Gasteiger charge is -2.00. The predicted molar refractivity (Wildman–Crippen MR) is 68.8 cm³/mol. The third-order valence-corrected chi connectivity index (χ3v) is 2.67. The van der Waals surface area contributed by atoms with Crippen LogP contribution in [0.25, 0.3) is 0 Å². The molecule has 0 fully saturated rings. The number of hydrogen-bond donors (Lipinski definition) is 1. The average Bonchev–Trinajstić information content (AvgIpc) is 2.59. The first-order chi connectivity index (χ1) is 8.06. The molecule has 4 heteroatoms. The van der Waals surface area contributed by atoms with Gasteiger partial charge < -0.3 is 5.73 Å². The Morgan fingerprint density at radius 2 is 2.12 bits per heavy atom. The maximum atomic E-state index is 5.75. The minimum absolute atomic E-state index is 0.391. The Labute approximate surface area is 101 Å². The second kappa shape index (κ2) is 4.57. The number of nitrogens with zero attached hydrogens (tertiary/aromatic N) is 3. The monoisotopic (exact) mass is 230 g/mol. The van der Waals surface area contributed by atoms with Gasteiger partial charge >= 0.3 is 0 Å². The van der Waals surface area contributed by atoms with Crippen LogP contribution in [-0.2, 0) is 13.5 Å². The van der Waals surface area contributed by atoms with Crippen LogP contribution in [0.4, 0.5) is 5.69 Å². The Kier molecular flexibility index (Phi) is 3.13. The summed E-state index contributed by atoms with van der Waals surface area (Å²) in [5.74, 6) is 2.26. The lowest BCUT2D eigenvalue weighted by Crippen LogP contribution is -2.00. The predicted octanol–water partition coefficient (Wildman–Crippen LogP) is 2.11. The van der Waals surface area contributed by atoms with E-state index in [1.165, 1.54) is 0 Å². The van der Waals surface area contributed by atoms with Crippen LogP contribution < -0.4 is 5.73 Å². The third kappa shape index (κ3) is 2.64. The van der Waals surface area contributed by atoms with Crippen molar-refractivity contribution in [3.05, 3.63) is 41.5 Å². The molecule has 0 unspecified atom stereocenters. The molecule has 0 atom stereocenters. The topological polar surface area (TPSA) is 56.7 Å². The molecule has 0 spiro atoms. The van der Waals surface area contributed by atoms with Crippen LogP contribution >= 0.6 is 0 Å². The van der Waals surface area contributed by atoms with E-state index in [1.54, 1.807) is 0 Å². The Hall–Kier alpha value is -1.84. The number of rotatable bonds is 3. The molecule has 1 heterocycles. The molecule has 0 aliphatic heterocycles. The van der Waals surface area contributed by atoms with E-state index in [2.05, 4.69) is 23.9 Å². The van der Waals surface area contributed by atoms with Gasteiger partial charge in [0.05, 0.1) is 0 Å². The fraction of sp³-hybridized carbons (Fsp3) is 0.385. The SMILES string of the molecule is CC(C)c1nc(Cc2cccc(N)c2)nn1C. The summed E-state index contributed by atoms with van der Waals surface area (Å²) in [5, 5.41) is 4.42. The van der Waals surface area contributed by atoms with Crippen molar-refractivity contribution in [3.8, 4) is 0 Å². The Morgan fingerprint density at radius 3 is 2.71 bits per heavy atom. The second-order valence-electron chi connectivity index (χ2n) is 4.59. The first kappa shape index (κ1) is 11.6. The fourth-order valence-corrected chi connectivity index (χ4v) is 1.91. The molecule has 0 aliphatic carbocycles. The van der Waals surface area contributed by atoms with Crippen LogP contribution in [0.2, 0.25) is 0 Å². The molecule has 17 heavy (non-hydrogen) atoms. The van der Waals surface area contributed by atoms with Gasteiger partial charge in [-0.25, -0.2) is 4.98 Å². The summed E-state index contributed by atoms with van der Waals surface area (Å²) in [5.41, 5.74) is 7.67. The summed E-state index contributed by atoms with van der Waals surface area (Å²) in [7, 11) is 1.94. The van der Waals surface area contributed by atoms with Gasteiger partial charge in [0.2, 0.25) is 0 Å². The number of aromatic nitrogens is 3. The number of hydrogen-bond acceptors (Lipinski definition) is 3. The summed E-state index contributed by atoms with van der Waals surface area (Å²) in [6.45, 7) is 4.24. The maximum absolute atomic E-state index is 5.75. The van der Waals surface area contributed by atoms with E-state index in [-0.39, 0.29) is 0 Å². The summed E-state index contributed by atoms with van der Waals surface area (Å²) >= 11 is 0. The number of benzene rings is 1. The van der Waals surface area contributed by atoms with Crippen LogP contribution in [0.15, 0.2) is 24.3 Å². The van der Waals surface area contributed by atoms with Gasteiger partial charge in [0, 0.05) is 25.1 Å². The minimum atomic E-state index is 0.391. The number of nitrogens with two attached hydrogens (primary N) is 1. The lowest BCUT2D eigenvalue weighted by atomic mass is 10.1. The van der Waals surface area contributed by atoms with Gasteiger partial charge in [-0.2, -0.15) is 5.10 Å². The molecule has 1 aromatic heterocycles. The smallest absolute Gasteiger partial charge is 0.155 e. The summed E-state index contributed by atoms with van der Waals surface area (Å²) < 4.78 is 1.85. The zero-order chi connectivity index (χ0) is 12.4. The first-order valence-corrected chi connectivity index (χ1v) is 5.80. The van der Waals surface area contributed by atoms with Crippen molar-refractivity contribution in [2.75, 3.05) is 5.73 Å². The third-order valence-electron chi connectivity index (χ3n) is 2.67. The van der Waals surface area contributed by atoms with Crippen molar-refractivity contribution in [1.82, 2.24) is 14.8 Å². The van der Waals surface area contributed by atoms with Crippen LogP contribution in [0.3, 0.4) is 0 Å². The number of anilines is 1. The Balaban J connectivity index is 2.22. The summed E-state index contributed by atoms with van der Waals surface area (Å²) in [4.78, 5) is 4.55. The zero-order valence-corrected chi connectivity index (χ0v) is 10.5. The molecule has 0 bridgehead atoms. The standard InChI is InChI=1S/C13H18N4/c1-9(2)13-15-12(16-17(13)3)8-10-5-4-6-11(14)7-10/h4-7,9H,8,14H2,1-3H3. The normalized spacial score (nSPS) is 11.1. The van der Waals surface area contributed by atoms with E-state index < -0.39 is 0 Å². The van der Waals surface area contributed by atoms with E-state index in [1.807, 2.05) is 36.0 Å². The Bertz CT molecular complexity index is 514. The van der Waals surface area contributed by atoms with E-state index in [0.29, 0.717) is 5.92 Å². The Morgan fingerprint density at radius 1 is 1.35 bits per heavy atom. The molecule has 2 rings (SSSR count). The maximum Gasteiger partial charge on any atom is 0.155 e. The highest BCUT2D eigenvalue weighted by Crippen LogP contribution is 2.14. The van der Waals surface area contributed by atoms with Gasteiger partial charge in [-0.15, -0.1) is 0 Å². The molecule has 4 nitrogen and oxygen atoms in total. The van der Waals surface area contributed by atoms with E-state index in [0.717, 1.165) is 29.3 Å². The number of aryl methyl sites for hydroxylation is 1. The quantitative estimate of drug-likeness (QED) is 0.822. The zero-order valence-electron chi connectivity index (χ0n) is 10.5.